The summed E-state index contributed by atoms with van der Waals surface area (Å²) in [5.74, 6) is 0. The average Bonchev–Trinajstić information content (AvgIpc) is 2.53. The lowest BCUT2D eigenvalue weighted by Crippen LogP contribution is -2.17. The van der Waals surface area contributed by atoms with Crippen LogP contribution in [0, 0.1) is 0 Å². The van der Waals surface area contributed by atoms with E-state index in [1.165, 1.54) is 24.9 Å². The normalized spacial score (nSPS) is 22.7. The maximum absolute atomic E-state index is 4.14. The van der Waals surface area contributed by atoms with Crippen LogP contribution in [-0.4, -0.2) is 23.5 Å². The molecule has 0 N–H and O–H groups in total. The van der Waals surface area contributed by atoms with Crippen molar-refractivity contribution in [3.63, 3.8) is 0 Å². The third kappa shape index (κ3) is 2.29. The number of aromatic nitrogens is 1. The van der Waals surface area contributed by atoms with Crippen LogP contribution in [0.1, 0.15) is 24.4 Å². The Balaban J connectivity index is 0.000000845. The summed E-state index contributed by atoms with van der Waals surface area (Å²) in [6, 6.07) is 4.79. The zero-order valence-corrected chi connectivity index (χ0v) is 9.52. The molecule has 1 saturated heterocycles. The Morgan fingerprint density at radius 3 is 2.92 bits per heavy atom. The van der Waals surface area contributed by atoms with E-state index in [9.17, 15) is 0 Å². The summed E-state index contributed by atoms with van der Waals surface area (Å²) in [4.78, 5) is 6.54. The Kier molecular flexibility index (Phi) is 3.88. The fourth-order valence-electron chi connectivity index (χ4n) is 1.90. The van der Waals surface area contributed by atoms with Crippen LogP contribution in [0.3, 0.4) is 0 Å². The SMILES string of the molecule is Br.CN1CCCC1c1cccnc1. The topological polar surface area (TPSA) is 16.1 Å². The molecule has 3 heteroatoms. The predicted octanol–water partition coefficient (Wildman–Crippen LogP) is 2.43. The number of halogens is 1. The molecule has 1 fully saturated rings. The van der Waals surface area contributed by atoms with Gasteiger partial charge < -0.3 is 0 Å². The van der Waals surface area contributed by atoms with Gasteiger partial charge in [-0.15, -0.1) is 17.0 Å². The summed E-state index contributed by atoms with van der Waals surface area (Å²) in [5.41, 5.74) is 1.36. The van der Waals surface area contributed by atoms with Gasteiger partial charge in [-0.2, -0.15) is 0 Å². The molecule has 0 bridgehead atoms. The molecule has 2 heterocycles. The number of rotatable bonds is 1. The van der Waals surface area contributed by atoms with Gasteiger partial charge >= 0.3 is 0 Å². The van der Waals surface area contributed by atoms with Gasteiger partial charge in [0.05, 0.1) is 0 Å². The zero-order valence-electron chi connectivity index (χ0n) is 7.81. The van der Waals surface area contributed by atoms with Crippen LogP contribution in [0.25, 0.3) is 0 Å². The first kappa shape index (κ1) is 10.7. The third-order valence-corrected chi connectivity index (χ3v) is 2.59. The molecule has 1 atom stereocenters. The number of hydrogen-bond donors (Lipinski definition) is 0. The van der Waals surface area contributed by atoms with Gasteiger partial charge in [0, 0.05) is 18.4 Å². The molecule has 1 aromatic heterocycles. The highest BCUT2D eigenvalue weighted by atomic mass is 79.9. The smallest absolute Gasteiger partial charge is 0.0360 e. The van der Waals surface area contributed by atoms with E-state index in [1.54, 1.807) is 0 Å². The van der Waals surface area contributed by atoms with Crippen molar-refractivity contribution in [2.45, 2.75) is 18.9 Å². The quantitative estimate of drug-likeness (QED) is 0.753. The highest BCUT2D eigenvalue weighted by Gasteiger charge is 2.21. The Morgan fingerprint density at radius 1 is 1.54 bits per heavy atom. The molecule has 1 aliphatic rings. The van der Waals surface area contributed by atoms with Gasteiger partial charge in [-0.25, -0.2) is 0 Å². The van der Waals surface area contributed by atoms with Crippen molar-refractivity contribution in [3.8, 4) is 0 Å². The molecule has 1 aromatic rings. The van der Waals surface area contributed by atoms with Crippen LogP contribution in [-0.2, 0) is 0 Å². The van der Waals surface area contributed by atoms with Crippen molar-refractivity contribution in [1.82, 2.24) is 9.88 Å². The van der Waals surface area contributed by atoms with Crippen molar-refractivity contribution in [2.24, 2.45) is 0 Å². The van der Waals surface area contributed by atoms with E-state index >= 15 is 0 Å². The van der Waals surface area contributed by atoms with Crippen LogP contribution in [0.15, 0.2) is 24.5 Å². The fourth-order valence-corrected chi connectivity index (χ4v) is 1.90. The van der Waals surface area contributed by atoms with Gasteiger partial charge in [0.2, 0.25) is 0 Å². The molecular formula is C10H15BrN2. The number of hydrogen-bond acceptors (Lipinski definition) is 2. The molecule has 0 aromatic carbocycles. The Morgan fingerprint density at radius 2 is 2.38 bits per heavy atom. The summed E-state index contributed by atoms with van der Waals surface area (Å²) < 4.78 is 0. The molecule has 0 spiro atoms. The van der Waals surface area contributed by atoms with Crippen molar-refractivity contribution in [1.29, 1.82) is 0 Å². The zero-order chi connectivity index (χ0) is 8.39. The molecule has 1 unspecified atom stereocenters. The molecule has 13 heavy (non-hydrogen) atoms. The summed E-state index contributed by atoms with van der Waals surface area (Å²) in [5, 5.41) is 0. The third-order valence-electron chi connectivity index (χ3n) is 2.59. The second-order valence-corrected chi connectivity index (χ2v) is 3.42. The van der Waals surface area contributed by atoms with Gasteiger partial charge in [-0.1, -0.05) is 6.07 Å². The van der Waals surface area contributed by atoms with Crippen molar-refractivity contribution in [2.75, 3.05) is 13.6 Å². The lowest BCUT2D eigenvalue weighted by Gasteiger charge is -2.18. The fraction of sp³-hybridized carbons (Fsp3) is 0.500. The Bertz CT molecular complexity index is 250. The lowest BCUT2D eigenvalue weighted by atomic mass is 10.1. The largest absolute Gasteiger partial charge is 0.299 e. The van der Waals surface area contributed by atoms with Crippen LogP contribution >= 0.6 is 17.0 Å². The maximum Gasteiger partial charge on any atom is 0.0360 e. The molecule has 72 valence electrons. The number of pyridine rings is 1. The van der Waals surface area contributed by atoms with Gasteiger partial charge in [0.15, 0.2) is 0 Å². The standard InChI is InChI=1S/C10H14N2.BrH/c1-12-7-3-5-10(12)9-4-2-6-11-8-9;/h2,4,6,8,10H,3,5,7H2,1H3;1H. The Labute approximate surface area is 89.7 Å². The predicted molar refractivity (Wildman–Crippen MR) is 59.2 cm³/mol. The highest BCUT2D eigenvalue weighted by Crippen LogP contribution is 2.29. The maximum atomic E-state index is 4.14. The molecule has 0 aliphatic carbocycles. The number of nitrogens with zero attached hydrogens (tertiary/aromatic N) is 2. The summed E-state index contributed by atoms with van der Waals surface area (Å²) >= 11 is 0. The molecule has 2 rings (SSSR count). The van der Waals surface area contributed by atoms with Gasteiger partial charge in [-0.3, -0.25) is 9.88 Å². The average molecular weight is 243 g/mol. The molecule has 1 aliphatic heterocycles. The Hall–Kier alpha value is -0.410. The van der Waals surface area contributed by atoms with E-state index in [4.69, 9.17) is 0 Å². The summed E-state index contributed by atoms with van der Waals surface area (Å²) in [7, 11) is 2.19. The first-order valence-corrected chi connectivity index (χ1v) is 4.48. The van der Waals surface area contributed by atoms with Crippen LogP contribution in [0.4, 0.5) is 0 Å². The van der Waals surface area contributed by atoms with Gasteiger partial charge in [0.25, 0.3) is 0 Å². The highest BCUT2D eigenvalue weighted by molar-refractivity contribution is 8.93. The first-order chi connectivity index (χ1) is 5.88. The molecule has 0 saturated carbocycles. The first-order valence-electron chi connectivity index (χ1n) is 4.48. The van der Waals surface area contributed by atoms with Crippen molar-refractivity contribution >= 4 is 17.0 Å². The second kappa shape index (κ2) is 4.72. The van der Waals surface area contributed by atoms with Crippen molar-refractivity contribution in [3.05, 3.63) is 30.1 Å². The van der Waals surface area contributed by atoms with Crippen LogP contribution in [0.5, 0.6) is 0 Å². The van der Waals surface area contributed by atoms with E-state index in [-0.39, 0.29) is 17.0 Å². The lowest BCUT2D eigenvalue weighted by molar-refractivity contribution is 0.317. The van der Waals surface area contributed by atoms with E-state index in [1.807, 2.05) is 18.5 Å². The molecule has 0 amide bonds. The van der Waals surface area contributed by atoms with Crippen LogP contribution in [0.2, 0.25) is 0 Å². The number of likely N-dealkylation sites (tertiary alicyclic amines) is 1. The molecular weight excluding hydrogens is 228 g/mol. The van der Waals surface area contributed by atoms with E-state index in [2.05, 4.69) is 23.0 Å². The van der Waals surface area contributed by atoms with E-state index < -0.39 is 0 Å². The summed E-state index contributed by atoms with van der Waals surface area (Å²) in [6.07, 6.45) is 6.41. The molecule has 2 nitrogen and oxygen atoms in total. The van der Waals surface area contributed by atoms with E-state index in [0.717, 1.165) is 0 Å². The minimum Gasteiger partial charge on any atom is -0.299 e. The molecule has 0 radical (unpaired) electrons. The monoisotopic (exact) mass is 242 g/mol. The minimum absolute atomic E-state index is 0. The van der Waals surface area contributed by atoms with Crippen molar-refractivity contribution < 1.29 is 0 Å². The summed E-state index contributed by atoms with van der Waals surface area (Å²) in [6.45, 7) is 1.22. The minimum atomic E-state index is 0. The van der Waals surface area contributed by atoms with E-state index in [0.29, 0.717) is 6.04 Å². The van der Waals surface area contributed by atoms with Crippen LogP contribution < -0.4 is 0 Å². The van der Waals surface area contributed by atoms with Gasteiger partial charge in [0.1, 0.15) is 0 Å². The second-order valence-electron chi connectivity index (χ2n) is 3.42. The van der Waals surface area contributed by atoms with Gasteiger partial charge in [-0.05, 0) is 38.1 Å².